The first-order valence-corrected chi connectivity index (χ1v) is 6.11. The Kier molecular flexibility index (Phi) is 4.28. The van der Waals surface area contributed by atoms with E-state index in [0.717, 1.165) is 16.1 Å². The molecule has 0 radical (unpaired) electrons. The van der Waals surface area contributed by atoms with Crippen molar-refractivity contribution in [3.63, 3.8) is 0 Å². The molecule has 0 aliphatic rings. The maximum absolute atomic E-state index is 13.0. The molecule has 1 aromatic carbocycles. The number of halogens is 2. The van der Waals surface area contributed by atoms with Crippen molar-refractivity contribution < 1.29 is 4.39 Å². The van der Waals surface area contributed by atoms with Crippen LogP contribution in [0.3, 0.4) is 0 Å². The Bertz CT molecular complexity index is 513. The van der Waals surface area contributed by atoms with E-state index in [4.69, 9.17) is 11.6 Å². The minimum atomic E-state index is -0.312. The second-order valence-electron chi connectivity index (χ2n) is 4.17. The van der Waals surface area contributed by atoms with Crippen molar-refractivity contribution in [2.75, 3.05) is 0 Å². The molecule has 94 valence electrons. The van der Waals surface area contributed by atoms with Crippen LogP contribution in [0.2, 0.25) is 5.02 Å². The lowest BCUT2D eigenvalue weighted by Crippen LogP contribution is -2.18. The maximum atomic E-state index is 13.0. The molecule has 18 heavy (non-hydrogen) atoms. The van der Waals surface area contributed by atoms with E-state index in [1.54, 1.807) is 6.20 Å². The normalized spacial score (nSPS) is 12.4. The quantitative estimate of drug-likeness (QED) is 0.910. The van der Waals surface area contributed by atoms with E-state index < -0.39 is 0 Å². The van der Waals surface area contributed by atoms with Gasteiger partial charge in [0, 0.05) is 23.8 Å². The second kappa shape index (κ2) is 5.94. The van der Waals surface area contributed by atoms with Crippen LogP contribution in [0.5, 0.6) is 0 Å². The summed E-state index contributed by atoms with van der Waals surface area (Å²) in [4.78, 5) is 3.81. The summed E-state index contributed by atoms with van der Waals surface area (Å²) in [6.45, 7) is 2.63. The van der Waals surface area contributed by atoms with E-state index in [1.807, 2.05) is 24.3 Å². The van der Waals surface area contributed by atoms with Crippen LogP contribution >= 0.6 is 11.6 Å². The molecule has 0 aliphatic carbocycles. The highest BCUT2D eigenvalue weighted by molar-refractivity contribution is 6.30. The van der Waals surface area contributed by atoms with Crippen LogP contribution in [0, 0.1) is 5.82 Å². The largest absolute Gasteiger partial charge is 0.306 e. The molecule has 0 bridgehead atoms. The minimum absolute atomic E-state index is 0.172. The molecule has 1 N–H and O–H groups in total. The van der Waals surface area contributed by atoms with Crippen LogP contribution in [-0.2, 0) is 6.54 Å². The molecule has 2 nitrogen and oxygen atoms in total. The van der Waals surface area contributed by atoms with Gasteiger partial charge in [-0.1, -0.05) is 23.7 Å². The summed E-state index contributed by atoms with van der Waals surface area (Å²) in [5.74, 6) is -0.312. The summed E-state index contributed by atoms with van der Waals surface area (Å²) in [5, 5.41) is 4.03. The number of aromatic nitrogens is 1. The van der Waals surface area contributed by atoms with Gasteiger partial charge in [0.1, 0.15) is 5.82 Å². The van der Waals surface area contributed by atoms with Crippen molar-refractivity contribution in [1.29, 1.82) is 0 Å². The van der Waals surface area contributed by atoms with Gasteiger partial charge in [-0.25, -0.2) is 4.39 Å². The van der Waals surface area contributed by atoms with E-state index >= 15 is 0 Å². The van der Waals surface area contributed by atoms with Crippen molar-refractivity contribution in [3.05, 3.63) is 64.7 Å². The molecule has 1 atom stereocenters. The highest BCUT2D eigenvalue weighted by atomic mass is 35.5. The third-order valence-electron chi connectivity index (χ3n) is 2.74. The van der Waals surface area contributed by atoms with Gasteiger partial charge < -0.3 is 5.32 Å². The predicted molar refractivity (Wildman–Crippen MR) is 70.9 cm³/mol. The number of hydrogen-bond donors (Lipinski definition) is 1. The zero-order chi connectivity index (χ0) is 13.0. The zero-order valence-electron chi connectivity index (χ0n) is 10.0. The summed E-state index contributed by atoms with van der Waals surface area (Å²) < 4.78 is 13.0. The summed E-state index contributed by atoms with van der Waals surface area (Å²) in [5.41, 5.74) is 1.97. The van der Waals surface area contributed by atoms with Gasteiger partial charge in [0.15, 0.2) is 0 Å². The van der Waals surface area contributed by atoms with Crippen LogP contribution in [0.15, 0.2) is 42.7 Å². The lowest BCUT2D eigenvalue weighted by Gasteiger charge is -2.14. The third kappa shape index (κ3) is 3.52. The van der Waals surface area contributed by atoms with Crippen molar-refractivity contribution in [3.8, 4) is 0 Å². The fraction of sp³-hybridized carbons (Fsp3) is 0.214. The SMILES string of the molecule is CC(NCc1cncc(F)c1)c1ccc(Cl)cc1. The van der Waals surface area contributed by atoms with Crippen molar-refractivity contribution in [2.24, 2.45) is 0 Å². The van der Waals surface area contributed by atoms with Crippen LogP contribution in [0.25, 0.3) is 0 Å². The Labute approximate surface area is 111 Å². The molecule has 1 heterocycles. The minimum Gasteiger partial charge on any atom is -0.306 e. The van der Waals surface area contributed by atoms with Gasteiger partial charge in [0.2, 0.25) is 0 Å². The van der Waals surface area contributed by atoms with E-state index in [1.165, 1.54) is 12.3 Å². The van der Waals surface area contributed by atoms with Crippen LogP contribution in [0.1, 0.15) is 24.1 Å². The summed E-state index contributed by atoms with van der Waals surface area (Å²) in [6.07, 6.45) is 2.86. The van der Waals surface area contributed by atoms with Gasteiger partial charge in [0.05, 0.1) is 6.20 Å². The molecule has 0 fully saturated rings. The molecular weight excluding hydrogens is 251 g/mol. The monoisotopic (exact) mass is 264 g/mol. The van der Waals surface area contributed by atoms with E-state index in [0.29, 0.717) is 6.54 Å². The molecule has 0 aliphatic heterocycles. The summed E-state index contributed by atoms with van der Waals surface area (Å²) in [7, 11) is 0. The van der Waals surface area contributed by atoms with Gasteiger partial charge in [0.25, 0.3) is 0 Å². The van der Waals surface area contributed by atoms with Crippen molar-refractivity contribution in [2.45, 2.75) is 19.5 Å². The Hall–Kier alpha value is -1.45. The first kappa shape index (κ1) is 13.0. The number of nitrogens with one attached hydrogen (secondary N) is 1. The number of hydrogen-bond acceptors (Lipinski definition) is 2. The molecule has 2 aromatic rings. The third-order valence-corrected chi connectivity index (χ3v) is 3.00. The van der Waals surface area contributed by atoms with Gasteiger partial charge in [-0.2, -0.15) is 0 Å². The zero-order valence-corrected chi connectivity index (χ0v) is 10.8. The van der Waals surface area contributed by atoms with E-state index in [9.17, 15) is 4.39 Å². The first-order valence-electron chi connectivity index (χ1n) is 5.73. The predicted octanol–water partition coefficient (Wildman–Crippen LogP) is 3.72. The number of pyridine rings is 1. The Morgan fingerprint density at radius 3 is 2.67 bits per heavy atom. The van der Waals surface area contributed by atoms with Crippen LogP contribution < -0.4 is 5.32 Å². The number of rotatable bonds is 4. The molecule has 0 saturated carbocycles. The molecule has 0 saturated heterocycles. The Balaban J connectivity index is 1.96. The Morgan fingerprint density at radius 1 is 1.28 bits per heavy atom. The van der Waals surface area contributed by atoms with Gasteiger partial charge in [-0.05, 0) is 36.2 Å². The standard InChI is InChI=1S/C14H14ClFN2/c1-10(12-2-4-13(15)5-3-12)18-8-11-6-14(16)9-17-7-11/h2-7,9-10,18H,8H2,1H3. The molecule has 0 spiro atoms. The fourth-order valence-corrected chi connectivity index (χ4v) is 1.82. The second-order valence-corrected chi connectivity index (χ2v) is 4.60. The molecule has 0 amide bonds. The number of benzene rings is 1. The summed E-state index contributed by atoms with van der Waals surface area (Å²) >= 11 is 5.84. The lowest BCUT2D eigenvalue weighted by atomic mass is 10.1. The summed E-state index contributed by atoms with van der Waals surface area (Å²) in [6, 6.07) is 9.32. The van der Waals surface area contributed by atoms with Gasteiger partial charge in [-0.15, -0.1) is 0 Å². The maximum Gasteiger partial charge on any atom is 0.141 e. The Morgan fingerprint density at radius 2 is 2.00 bits per heavy atom. The first-order chi connectivity index (χ1) is 8.65. The van der Waals surface area contributed by atoms with Crippen LogP contribution in [0.4, 0.5) is 4.39 Å². The van der Waals surface area contributed by atoms with Crippen molar-refractivity contribution >= 4 is 11.6 Å². The van der Waals surface area contributed by atoms with Crippen LogP contribution in [-0.4, -0.2) is 4.98 Å². The fourth-order valence-electron chi connectivity index (χ4n) is 1.69. The number of nitrogens with zero attached hydrogens (tertiary/aromatic N) is 1. The molecule has 1 unspecified atom stereocenters. The average molecular weight is 265 g/mol. The highest BCUT2D eigenvalue weighted by Gasteiger charge is 2.05. The molecule has 2 rings (SSSR count). The average Bonchev–Trinajstić information content (AvgIpc) is 2.37. The van der Waals surface area contributed by atoms with E-state index in [2.05, 4.69) is 17.2 Å². The van der Waals surface area contributed by atoms with Gasteiger partial charge in [-0.3, -0.25) is 4.98 Å². The smallest absolute Gasteiger partial charge is 0.141 e. The molecular formula is C14H14ClFN2. The van der Waals surface area contributed by atoms with Crippen molar-refractivity contribution in [1.82, 2.24) is 10.3 Å². The van der Waals surface area contributed by atoms with Gasteiger partial charge >= 0.3 is 0 Å². The topological polar surface area (TPSA) is 24.9 Å². The highest BCUT2D eigenvalue weighted by Crippen LogP contribution is 2.16. The molecule has 1 aromatic heterocycles. The van der Waals surface area contributed by atoms with E-state index in [-0.39, 0.29) is 11.9 Å². The molecule has 4 heteroatoms. The lowest BCUT2D eigenvalue weighted by molar-refractivity contribution is 0.567.